The van der Waals surface area contributed by atoms with E-state index in [2.05, 4.69) is 58.7 Å². The van der Waals surface area contributed by atoms with Crippen LogP contribution in [-0.2, 0) is 4.79 Å². The molecular weight excluding hydrogens is 384 g/mol. The number of fused-ring (bicyclic) bond motifs is 1. The average Bonchev–Trinajstić information content (AvgIpc) is 3.49. The van der Waals surface area contributed by atoms with Gasteiger partial charge in [0.1, 0.15) is 5.84 Å². The Morgan fingerprint density at radius 3 is 2.65 bits per heavy atom. The quantitative estimate of drug-likeness (QED) is 0.429. The molecule has 0 saturated carbocycles. The third kappa shape index (κ3) is 3.97. The van der Waals surface area contributed by atoms with Gasteiger partial charge in [0.05, 0.1) is 6.54 Å². The second kappa shape index (κ2) is 8.00. The van der Waals surface area contributed by atoms with E-state index in [-0.39, 0.29) is 17.8 Å². The number of amidine groups is 1. The summed E-state index contributed by atoms with van der Waals surface area (Å²) < 4.78 is 0. The molecule has 1 heterocycles. The van der Waals surface area contributed by atoms with Crippen LogP contribution in [0.4, 0.5) is 0 Å². The standard InChI is InChI=1S/C26H26N4O/c27-26(28)20-8-4-7-19(13-20)24(30-12-11-29-25(31)16-30)15-23-21-10-9-18(14-22(21)23)17-5-2-1-3-6-17/h1-10,13-14,23-24H,11-12,15-16H2,(H3,27,28)(H,29,31). The van der Waals surface area contributed by atoms with Crippen molar-refractivity contribution in [2.24, 2.45) is 5.73 Å². The van der Waals surface area contributed by atoms with E-state index in [1.165, 1.54) is 22.3 Å². The van der Waals surface area contributed by atoms with Gasteiger partial charge in [-0.1, -0.05) is 66.7 Å². The lowest BCUT2D eigenvalue weighted by molar-refractivity contribution is -0.125. The van der Waals surface area contributed by atoms with Crippen molar-refractivity contribution in [1.29, 1.82) is 5.41 Å². The number of hydrogen-bond acceptors (Lipinski definition) is 3. The normalized spacial score (nSPS) is 18.7. The van der Waals surface area contributed by atoms with E-state index in [4.69, 9.17) is 11.1 Å². The molecule has 0 bridgehead atoms. The molecule has 31 heavy (non-hydrogen) atoms. The zero-order chi connectivity index (χ0) is 21.4. The van der Waals surface area contributed by atoms with Gasteiger partial charge in [0.15, 0.2) is 0 Å². The molecule has 0 aromatic heterocycles. The first kappa shape index (κ1) is 19.5. The Morgan fingerprint density at radius 1 is 1.03 bits per heavy atom. The molecule has 0 spiro atoms. The zero-order valence-electron chi connectivity index (χ0n) is 17.3. The van der Waals surface area contributed by atoms with Gasteiger partial charge in [0.25, 0.3) is 0 Å². The second-order valence-electron chi connectivity index (χ2n) is 8.37. The van der Waals surface area contributed by atoms with Crippen LogP contribution in [0.1, 0.15) is 40.6 Å². The van der Waals surface area contributed by atoms with Crippen LogP contribution < -0.4 is 11.1 Å². The molecule has 156 valence electrons. The number of carbonyl (C=O) groups excluding carboxylic acids is 1. The first-order chi connectivity index (χ1) is 15.1. The summed E-state index contributed by atoms with van der Waals surface area (Å²) in [6, 6.07) is 25.2. The lowest BCUT2D eigenvalue weighted by Gasteiger charge is -2.35. The van der Waals surface area contributed by atoms with Gasteiger partial charge in [-0.05, 0) is 40.3 Å². The number of amides is 1. The van der Waals surface area contributed by atoms with E-state index >= 15 is 0 Å². The summed E-state index contributed by atoms with van der Waals surface area (Å²) in [5, 5.41) is 10.7. The number of benzene rings is 3. The van der Waals surface area contributed by atoms with Gasteiger partial charge < -0.3 is 11.1 Å². The largest absolute Gasteiger partial charge is 0.384 e. The number of nitrogen functional groups attached to an aromatic ring is 1. The molecule has 1 saturated heterocycles. The third-order valence-electron chi connectivity index (χ3n) is 6.41. The van der Waals surface area contributed by atoms with Crippen LogP contribution in [0.2, 0.25) is 0 Å². The predicted octanol–water partition coefficient (Wildman–Crippen LogP) is 3.65. The number of carbonyl (C=O) groups is 1. The highest BCUT2D eigenvalue weighted by atomic mass is 16.2. The number of nitrogens with one attached hydrogen (secondary N) is 2. The molecule has 5 rings (SSSR count). The lowest BCUT2D eigenvalue weighted by atomic mass is 9.95. The monoisotopic (exact) mass is 410 g/mol. The molecular formula is C26H26N4O. The van der Waals surface area contributed by atoms with Gasteiger partial charge in [-0.15, -0.1) is 0 Å². The van der Waals surface area contributed by atoms with Gasteiger partial charge in [-0.2, -0.15) is 0 Å². The summed E-state index contributed by atoms with van der Waals surface area (Å²) >= 11 is 0. The highest BCUT2D eigenvalue weighted by Crippen LogP contribution is 2.51. The van der Waals surface area contributed by atoms with E-state index in [1.807, 2.05) is 24.3 Å². The molecule has 5 nitrogen and oxygen atoms in total. The molecule has 1 fully saturated rings. The van der Waals surface area contributed by atoms with Gasteiger partial charge in [-0.25, -0.2) is 0 Å². The topological polar surface area (TPSA) is 82.2 Å². The number of hydrogen-bond donors (Lipinski definition) is 3. The molecule has 1 aliphatic carbocycles. The van der Waals surface area contributed by atoms with Gasteiger partial charge in [-0.3, -0.25) is 15.1 Å². The molecule has 0 radical (unpaired) electrons. The SMILES string of the molecule is N=C(N)c1cccc(C(CC2c3ccc(-c4ccccc4)cc32)N2CCNC(=O)C2)c1. The number of piperazine rings is 1. The zero-order valence-corrected chi connectivity index (χ0v) is 17.3. The van der Waals surface area contributed by atoms with Crippen molar-refractivity contribution in [2.45, 2.75) is 18.4 Å². The lowest BCUT2D eigenvalue weighted by Crippen LogP contribution is -2.49. The third-order valence-corrected chi connectivity index (χ3v) is 6.41. The summed E-state index contributed by atoms with van der Waals surface area (Å²) in [5.41, 5.74) is 12.9. The Balaban J connectivity index is 1.42. The fourth-order valence-electron chi connectivity index (χ4n) is 4.72. The Hall–Kier alpha value is -3.44. The molecule has 5 heteroatoms. The van der Waals surface area contributed by atoms with Crippen molar-refractivity contribution in [3.63, 3.8) is 0 Å². The van der Waals surface area contributed by atoms with Gasteiger partial charge in [0, 0.05) is 30.6 Å². The maximum absolute atomic E-state index is 12.1. The number of rotatable bonds is 6. The molecule has 2 unspecified atom stereocenters. The Morgan fingerprint density at radius 2 is 1.87 bits per heavy atom. The highest BCUT2D eigenvalue weighted by Gasteiger charge is 2.37. The van der Waals surface area contributed by atoms with E-state index in [1.54, 1.807) is 0 Å². The van der Waals surface area contributed by atoms with Crippen molar-refractivity contribution in [2.75, 3.05) is 19.6 Å². The molecule has 1 amide bonds. The maximum Gasteiger partial charge on any atom is 0.234 e. The van der Waals surface area contributed by atoms with E-state index in [0.717, 1.165) is 24.1 Å². The summed E-state index contributed by atoms with van der Waals surface area (Å²) in [6.45, 7) is 1.88. The van der Waals surface area contributed by atoms with Crippen LogP contribution in [0.25, 0.3) is 11.1 Å². The molecule has 3 aromatic rings. The number of nitrogens with zero attached hydrogens (tertiary/aromatic N) is 1. The maximum atomic E-state index is 12.1. The molecule has 2 atom stereocenters. The Kier molecular flexibility index (Phi) is 5.04. The summed E-state index contributed by atoms with van der Waals surface area (Å²) in [7, 11) is 0. The molecule has 4 N–H and O–H groups in total. The van der Waals surface area contributed by atoms with Crippen molar-refractivity contribution >= 4 is 11.7 Å². The van der Waals surface area contributed by atoms with Crippen molar-refractivity contribution in [3.8, 4) is 11.1 Å². The molecule has 1 aliphatic heterocycles. The molecule has 3 aromatic carbocycles. The van der Waals surface area contributed by atoms with E-state index < -0.39 is 0 Å². The van der Waals surface area contributed by atoms with E-state index in [9.17, 15) is 4.79 Å². The van der Waals surface area contributed by atoms with Gasteiger partial charge >= 0.3 is 0 Å². The van der Waals surface area contributed by atoms with Crippen LogP contribution in [0.15, 0.2) is 72.8 Å². The Labute approximate surface area is 182 Å². The smallest absolute Gasteiger partial charge is 0.234 e. The van der Waals surface area contributed by atoms with Crippen molar-refractivity contribution < 1.29 is 4.79 Å². The van der Waals surface area contributed by atoms with Crippen LogP contribution in [0.5, 0.6) is 0 Å². The fraction of sp³-hybridized carbons (Fsp3) is 0.231. The van der Waals surface area contributed by atoms with Crippen LogP contribution in [0.3, 0.4) is 0 Å². The highest BCUT2D eigenvalue weighted by molar-refractivity contribution is 5.95. The van der Waals surface area contributed by atoms with Crippen LogP contribution in [0, 0.1) is 5.41 Å². The van der Waals surface area contributed by atoms with E-state index in [0.29, 0.717) is 19.0 Å². The van der Waals surface area contributed by atoms with Crippen molar-refractivity contribution in [3.05, 3.63) is 95.1 Å². The summed E-state index contributed by atoms with van der Waals surface area (Å²) in [5.74, 6) is 0.534. The minimum atomic E-state index is 0.0682. The van der Waals surface area contributed by atoms with Crippen molar-refractivity contribution in [1.82, 2.24) is 10.2 Å². The Bertz CT molecular complexity index is 1140. The minimum Gasteiger partial charge on any atom is -0.384 e. The van der Waals surface area contributed by atoms with Gasteiger partial charge in [0.2, 0.25) is 5.91 Å². The minimum absolute atomic E-state index is 0.0682. The van der Waals surface area contributed by atoms with Crippen LogP contribution in [-0.4, -0.2) is 36.3 Å². The average molecular weight is 411 g/mol. The fourth-order valence-corrected chi connectivity index (χ4v) is 4.72. The summed E-state index contributed by atoms with van der Waals surface area (Å²) in [6.07, 6.45) is 0.919. The molecule has 2 aliphatic rings. The summed E-state index contributed by atoms with van der Waals surface area (Å²) in [4.78, 5) is 14.4. The first-order valence-corrected chi connectivity index (χ1v) is 10.7. The number of nitrogens with two attached hydrogens (primary N) is 1. The van der Waals surface area contributed by atoms with Crippen LogP contribution >= 0.6 is 0 Å². The predicted molar refractivity (Wildman–Crippen MR) is 123 cm³/mol. The first-order valence-electron chi connectivity index (χ1n) is 10.7. The second-order valence-corrected chi connectivity index (χ2v) is 8.37.